The van der Waals surface area contributed by atoms with Crippen LogP contribution in [0.4, 0.5) is 0 Å². The molecule has 4 nitrogen and oxygen atoms in total. The first-order valence-electron chi connectivity index (χ1n) is 5.27. The summed E-state index contributed by atoms with van der Waals surface area (Å²) in [7, 11) is 0. The summed E-state index contributed by atoms with van der Waals surface area (Å²) in [6.07, 6.45) is 1.89. The summed E-state index contributed by atoms with van der Waals surface area (Å²) >= 11 is 0. The van der Waals surface area contributed by atoms with Gasteiger partial charge in [0.15, 0.2) is 0 Å². The lowest BCUT2D eigenvalue weighted by atomic mass is 10.1. The number of nitrogens with one attached hydrogen (secondary N) is 2. The number of rotatable bonds is 3. The zero-order valence-electron chi connectivity index (χ0n) is 9.16. The Morgan fingerprint density at radius 3 is 3.06 bits per heavy atom. The molecule has 4 N–H and O–H groups in total. The summed E-state index contributed by atoms with van der Waals surface area (Å²) < 4.78 is 0. The molecule has 84 valence electrons. The van der Waals surface area contributed by atoms with E-state index in [1.807, 2.05) is 30.5 Å². The molecule has 1 aromatic heterocycles. The van der Waals surface area contributed by atoms with Crippen LogP contribution in [0.25, 0.3) is 10.9 Å². The Kier molecular flexibility index (Phi) is 2.92. The Morgan fingerprint density at radius 1 is 1.50 bits per heavy atom. The largest absolute Gasteiger partial charge is 0.361 e. The Labute approximate surface area is 93.8 Å². The van der Waals surface area contributed by atoms with E-state index >= 15 is 0 Å². The number of carbonyl (C=O) groups excluding carboxylic acids is 1. The van der Waals surface area contributed by atoms with Crippen LogP contribution in [0, 0.1) is 0 Å². The molecule has 1 amide bonds. The Hall–Kier alpha value is -1.81. The first-order valence-corrected chi connectivity index (χ1v) is 5.27. The van der Waals surface area contributed by atoms with Crippen molar-refractivity contribution in [3.8, 4) is 0 Å². The third-order valence-electron chi connectivity index (χ3n) is 2.55. The zero-order chi connectivity index (χ0) is 11.5. The summed E-state index contributed by atoms with van der Waals surface area (Å²) in [4.78, 5) is 14.5. The minimum atomic E-state index is -0.467. The van der Waals surface area contributed by atoms with E-state index in [0.29, 0.717) is 6.54 Å². The van der Waals surface area contributed by atoms with Crippen LogP contribution < -0.4 is 11.1 Å². The molecule has 1 aromatic carbocycles. The number of nitrogens with two attached hydrogens (primary N) is 1. The fraction of sp³-hybridized carbons (Fsp3) is 0.250. The minimum absolute atomic E-state index is 0.132. The Bertz CT molecular complexity index is 502. The third kappa shape index (κ3) is 2.06. The van der Waals surface area contributed by atoms with Crippen molar-refractivity contribution in [1.29, 1.82) is 0 Å². The van der Waals surface area contributed by atoms with Crippen LogP contribution in [0.1, 0.15) is 12.5 Å². The maximum atomic E-state index is 11.3. The Morgan fingerprint density at radius 2 is 2.31 bits per heavy atom. The van der Waals surface area contributed by atoms with E-state index in [2.05, 4.69) is 10.3 Å². The van der Waals surface area contributed by atoms with Crippen LogP contribution in [0.15, 0.2) is 30.5 Å². The number of benzene rings is 1. The standard InChI is InChI=1S/C12H15N3O/c1-8(13)12(16)15-7-9-3-2-4-11-10(9)5-6-14-11/h2-6,8,14H,7,13H2,1H3,(H,15,16)/t8-/m0/s1. The normalized spacial score (nSPS) is 12.6. The van der Waals surface area contributed by atoms with Crippen molar-refractivity contribution in [3.63, 3.8) is 0 Å². The molecule has 2 aromatic rings. The van der Waals surface area contributed by atoms with Gasteiger partial charge in [0.1, 0.15) is 0 Å². The van der Waals surface area contributed by atoms with Crippen LogP contribution in [-0.4, -0.2) is 16.9 Å². The fourth-order valence-corrected chi connectivity index (χ4v) is 1.65. The Balaban J connectivity index is 2.15. The smallest absolute Gasteiger partial charge is 0.236 e. The van der Waals surface area contributed by atoms with E-state index in [-0.39, 0.29) is 5.91 Å². The van der Waals surface area contributed by atoms with E-state index in [9.17, 15) is 4.79 Å². The lowest BCUT2D eigenvalue weighted by molar-refractivity contribution is -0.122. The van der Waals surface area contributed by atoms with Crippen LogP contribution >= 0.6 is 0 Å². The van der Waals surface area contributed by atoms with Gasteiger partial charge < -0.3 is 16.0 Å². The summed E-state index contributed by atoms with van der Waals surface area (Å²) in [5, 5.41) is 3.93. The molecule has 0 unspecified atom stereocenters. The van der Waals surface area contributed by atoms with Gasteiger partial charge in [0.2, 0.25) is 5.91 Å². The van der Waals surface area contributed by atoms with Crippen molar-refractivity contribution in [1.82, 2.24) is 10.3 Å². The topological polar surface area (TPSA) is 70.9 Å². The van der Waals surface area contributed by atoms with Gasteiger partial charge in [-0.25, -0.2) is 0 Å². The van der Waals surface area contributed by atoms with Gasteiger partial charge in [0, 0.05) is 23.6 Å². The van der Waals surface area contributed by atoms with E-state index in [4.69, 9.17) is 5.73 Å². The first kappa shape index (κ1) is 10.7. The molecule has 0 aliphatic rings. The average molecular weight is 217 g/mol. The van der Waals surface area contributed by atoms with E-state index < -0.39 is 6.04 Å². The molecule has 0 aliphatic carbocycles. The number of hydrogen-bond acceptors (Lipinski definition) is 2. The predicted molar refractivity (Wildman–Crippen MR) is 63.8 cm³/mol. The molecular formula is C12H15N3O. The highest BCUT2D eigenvalue weighted by Crippen LogP contribution is 2.16. The van der Waals surface area contributed by atoms with Gasteiger partial charge in [-0.2, -0.15) is 0 Å². The van der Waals surface area contributed by atoms with Crippen molar-refractivity contribution >= 4 is 16.8 Å². The van der Waals surface area contributed by atoms with Gasteiger partial charge in [0.05, 0.1) is 6.04 Å². The second kappa shape index (κ2) is 4.37. The van der Waals surface area contributed by atoms with Gasteiger partial charge in [-0.15, -0.1) is 0 Å². The number of amides is 1. The number of aromatic nitrogens is 1. The van der Waals surface area contributed by atoms with E-state index in [0.717, 1.165) is 16.5 Å². The monoisotopic (exact) mass is 217 g/mol. The predicted octanol–water partition coefficient (Wildman–Crippen LogP) is 1.13. The molecule has 4 heteroatoms. The van der Waals surface area contributed by atoms with E-state index in [1.54, 1.807) is 6.92 Å². The first-order chi connectivity index (χ1) is 7.68. The van der Waals surface area contributed by atoms with Crippen molar-refractivity contribution in [2.24, 2.45) is 5.73 Å². The molecule has 1 heterocycles. The van der Waals surface area contributed by atoms with Gasteiger partial charge in [0.25, 0.3) is 0 Å². The summed E-state index contributed by atoms with van der Waals surface area (Å²) in [6, 6.07) is 7.50. The number of carbonyl (C=O) groups is 1. The molecule has 0 saturated carbocycles. The molecule has 0 saturated heterocycles. The number of fused-ring (bicyclic) bond motifs is 1. The lowest BCUT2D eigenvalue weighted by Gasteiger charge is -2.08. The molecule has 0 spiro atoms. The molecule has 0 radical (unpaired) electrons. The number of hydrogen-bond donors (Lipinski definition) is 3. The number of aromatic amines is 1. The summed E-state index contributed by atoms with van der Waals surface area (Å²) in [5.41, 5.74) is 7.64. The van der Waals surface area contributed by atoms with Gasteiger partial charge in [-0.1, -0.05) is 12.1 Å². The second-order valence-corrected chi connectivity index (χ2v) is 3.86. The van der Waals surface area contributed by atoms with Crippen molar-refractivity contribution in [2.75, 3.05) is 0 Å². The van der Waals surface area contributed by atoms with Gasteiger partial charge in [-0.3, -0.25) is 4.79 Å². The molecule has 0 fully saturated rings. The lowest BCUT2D eigenvalue weighted by Crippen LogP contribution is -2.37. The molecule has 16 heavy (non-hydrogen) atoms. The van der Waals surface area contributed by atoms with Crippen LogP contribution in [0.5, 0.6) is 0 Å². The SMILES string of the molecule is C[C@H](N)C(=O)NCc1cccc2[nH]ccc12. The van der Waals surface area contributed by atoms with Crippen LogP contribution in [0.3, 0.4) is 0 Å². The average Bonchev–Trinajstić information content (AvgIpc) is 2.73. The maximum absolute atomic E-state index is 11.3. The van der Waals surface area contributed by atoms with Crippen LogP contribution in [-0.2, 0) is 11.3 Å². The highest BCUT2D eigenvalue weighted by molar-refractivity contribution is 5.84. The maximum Gasteiger partial charge on any atom is 0.236 e. The van der Waals surface area contributed by atoms with Crippen molar-refractivity contribution in [2.45, 2.75) is 19.5 Å². The minimum Gasteiger partial charge on any atom is -0.361 e. The summed E-state index contributed by atoms with van der Waals surface area (Å²) in [5.74, 6) is -0.132. The molecule has 0 aliphatic heterocycles. The van der Waals surface area contributed by atoms with Crippen LogP contribution in [0.2, 0.25) is 0 Å². The fourth-order valence-electron chi connectivity index (χ4n) is 1.65. The van der Waals surface area contributed by atoms with Gasteiger partial charge >= 0.3 is 0 Å². The third-order valence-corrected chi connectivity index (χ3v) is 2.55. The molecule has 0 bridgehead atoms. The summed E-state index contributed by atoms with van der Waals surface area (Å²) in [6.45, 7) is 2.18. The molecule has 1 atom stereocenters. The zero-order valence-corrected chi connectivity index (χ0v) is 9.16. The van der Waals surface area contributed by atoms with E-state index in [1.165, 1.54) is 0 Å². The molecular weight excluding hydrogens is 202 g/mol. The van der Waals surface area contributed by atoms with Crippen molar-refractivity contribution in [3.05, 3.63) is 36.0 Å². The van der Waals surface area contributed by atoms with Gasteiger partial charge in [-0.05, 0) is 24.6 Å². The highest BCUT2D eigenvalue weighted by Gasteiger charge is 2.07. The van der Waals surface area contributed by atoms with Crippen molar-refractivity contribution < 1.29 is 4.79 Å². The highest BCUT2D eigenvalue weighted by atomic mass is 16.2. The quantitative estimate of drug-likeness (QED) is 0.721. The second-order valence-electron chi connectivity index (χ2n) is 3.86. The molecule has 2 rings (SSSR count). The number of H-pyrrole nitrogens is 1.